The monoisotopic (exact) mass is 495 g/mol. The maximum absolute atomic E-state index is 13.3. The molecule has 0 aromatic heterocycles. The molecule has 1 atom stereocenters. The fourth-order valence-electron chi connectivity index (χ4n) is 4.02. The van der Waals surface area contributed by atoms with E-state index in [1.165, 1.54) is 18.2 Å². The van der Waals surface area contributed by atoms with Crippen molar-refractivity contribution < 1.29 is 23.9 Å². The first-order valence-corrected chi connectivity index (χ1v) is 11.5. The zero-order valence-corrected chi connectivity index (χ0v) is 19.5. The molecule has 4 aromatic carbocycles. The summed E-state index contributed by atoms with van der Waals surface area (Å²) >= 11 is 5.99. The fraction of sp³-hybridized carbons (Fsp3) is 0.0345. The van der Waals surface area contributed by atoms with Crippen molar-refractivity contribution in [2.24, 2.45) is 0 Å². The molecule has 5 rings (SSSR count). The minimum Gasteiger partial charge on any atom is -0.445 e. The van der Waals surface area contributed by atoms with E-state index in [4.69, 9.17) is 16.3 Å². The van der Waals surface area contributed by atoms with Crippen molar-refractivity contribution in [2.45, 2.75) is 6.10 Å². The smallest absolute Gasteiger partial charge is 0.339 e. The highest BCUT2D eigenvalue weighted by Crippen LogP contribution is 2.30. The molecule has 7 heteroatoms. The number of nitrogens with zero attached hydrogens (tertiary/aromatic N) is 1. The predicted molar refractivity (Wildman–Crippen MR) is 134 cm³/mol. The number of ketones is 1. The highest BCUT2D eigenvalue weighted by Gasteiger charge is 2.37. The molecule has 0 N–H and O–H groups in total. The summed E-state index contributed by atoms with van der Waals surface area (Å²) in [7, 11) is 0. The van der Waals surface area contributed by atoms with Crippen LogP contribution in [-0.2, 0) is 4.74 Å². The molecule has 0 unspecified atom stereocenters. The highest BCUT2D eigenvalue weighted by molar-refractivity contribution is 6.34. The van der Waals surface area contributed by atoms with Crippen LogP contribution in [0.15, 0.2) is 103 Å². The van der Waals surface area contributed by atoms with Gasteiger partial charge in [0.05, 0.1) is 22.4 Å². The lowest BCUT2D eigenvalue weighted by Crippen LogP contribution is -2.29. The zero-order chi connectivity index (χ0) is 25.2. The number of carbonyl (C=O) groups excluding carboxylic acids is 4. The molecule has 6 nitrogen and oxygen atoms in total. The van der Waals surface area contributed by atoms with E-state index in [0.29, 0.717) is 21.8 Å². The standard InChI is InChI=1S/C29H18ClNO5/c30-21-14-11-19(12-15-21)26(25(32)18-7-3-1-4-8-18)36-29(35)20-13-16-23-24(17-20)28(34)31(27(23)33)22-9-5-2-6-10-22/h1-17,26H/t26-/m1/s1. The van der Waals surface area contributed by atoms with Crippen LogP contribution in [0.2, 0.25) is 5.02 Å². The Morgan fingerprint density at radius 1 is 0.694 bits per heavy atom. The zero-order valence-electron chi connectivity index (χ0n) is 18.8. The van der Waals surface area contributed by atoms with Crippen LogP contribution in [0.5, 0.6) is 0 Å². The molecule has 0 spiro atoms. The lowest BCUT2D eigenvalue weighted by molar-refractivity contribution is 0.0280. The Morgan fingerprint density at radius 3 is 1.97 bits per heavy atom. The Bertz CT molecular complexity index is 1480. The first-order valence-electron chi connectivity index (χ1n) is 11.1. The van der Waals surface area contributed by atoms with E-state index in [1.807, 2.05) is 0 Å². The molecule has 1 aliphatic heterocycles. The predicted octanol–water partition coefficient (Wildman–Crippen LogP) is 5.92. The minimum atomic E-state index is -1.23. The summed E-state index contributed by atoms with van der Waals surface area (Å²) in [6.45, 7) is 0. The Labute approximate surface area is 211 Å². The van der Waals surface area contributed by atoms with Crippen molar-refractivity contribution in [3.05, 3.63) is 136 Å². The number of amides is 2. The van der Waals surface area contributed by atoms with E-state index in [9.17, 15) is 19.2 Å². The number of carbonyl (C=O) groups is 4. The average Bonchev–Trinajstić information content (AvgIpc) is 3.17. The number of esters is 1. The number of para-hydroxylation sites is 1. The Kier molecular flexibility index (Phi) is 6.19. The molecule has 0 aliphatic carbocycles. The number of Topliss-reactive ketones (excluding diaryl/α,β-unsaturated/α-hetero) is 1. The molecule has 0 saturated heterocycles. The first-order chi connectivity index (χ1) is 17.4. The third-order valence-electron chi connectivity index (χ3n) is 5.83. The van der Waals surface area contributed by atoms with Gasteiger partial charge in [-0.2, -0.15) is 0 Å². The molecule has 0 saturated carbocycles. The van der Waals surface area contributed by atoms with Crippen molar-refractivity contribution >= 4 is 40.9 Å². The van der Waals surface area contributed by atoms with Crippen LogP contribution in [0.4, 0.5) is 5.69 Å². The normalized spacial score (nSPS) is 13.3. The van der Waals surface area contributed by atoms with Gasteiger partial charge in [0.2, 0.25) is 5.78 Å². The lowest BCUT2D eigenvalue weighted by Gasteiger charge is -2.18. The van der Waals surface area contributed by atoms with Crippen LogP contribution >= 0.6 is 11.6 Å². The van der Waals surface area contributed by atoms with Crippen LogP contribution in [0.1, 0.15) is 53.1 Å². The van der Waals surface area contributed by atoms with E-state index in [2.05, 4.69) is 0 Å². The molecule has 176 valence electrons. The molecule has 36 heavy (non-hydrogen) atoms. The summed E-state index contributed by atoms with van der Waals surface area (Å²) < 4.78 is 5.67. The topological polar surface area (TPSA) is 80.8 Å². The second kappa shape index (κ2) is 9.60. The maximum atomic E-state index is 13.3. The van der Waals surface area contributed by atoms with Crippen LogP contribution in [0.25, 0.3) is 0 Å². The van der Waals surface area contributed by atoms with Gasteiger partial charge in [0.1, 0.15) is 0 Å². The van der Waals surface area contributed by atoms with Crippen molar-refractivity contribution in [3.63, 3.8) is 0 Å². The minimum absolute atomic E-state index is 0.0460. The second-order valence-corrected chi connectivity index (χ2v) is 8.55. The van der Waals surface area contributed by atoms with Gasteiger partial charge in [0.15, 0.2) is 6.10 Å². The quantitative estimate of drug-likeness (QED) is 0.188. The average molecular weight is 496 g/mol. The number of benzene rings is 4. The van der Waals surface area contributed by atoms with E-state index < -0.39 is 29.7 Å². The lowest BCUT2D eigenvalue weighted by atomic mass is 9.99. The molecule has 0 radical (unpaired) electrons. The number of fused-ring (bicyclic) bond motifs is 1. The van der Waals surface area contributed by atoms with Gasteiger partial charge in [-0.05, 0) is 42.5 Å². The third kappa shape index (κ3) is 4.30. The van der Waals surface area contributed by atoms with E-state index in [1.54, 1.807) is 84.9 Å². The van der Waals surface area contributed by atoms with Gasteiger partial charge in [-0.15, -0.1) is 0 Å². The molecule has 2 amide bonds. The summed E-state index contributed by atoms with van der Waals surface area (Å²) in [5.74, 6) is -2.22. The number of ether oxygens (including phenoxy) is 1. The number of anilines is 1. The second-order valence-electron chi connectivity index (χ2n) is 8.11. The molecule has 1 heterocycles. The van der Waals surface area contributed by atoms with Crippen LogP contribution < -0.4 is 4.90 Å². The van der Waals surface area contributed by atoms with Gasteiger partial charge in [-0.25, -0.2) is 9.69 Å². The summed E-state index contributed by atoms with van der Waals surface area (Å²) in [4.78, 5) is 53.4. The summed E-state index contributed by atoms with van der Waals surface area (Å²) in [5.41, 5.74) is 1.59. The van der Waals surface area contributed by atoms with Crippen LogP contribution in [0.3, 0.4) is 0 Å². The largest absolute Gasteiger partial charge is 0.445 e. The van der Waals surface area contributed by atoms with E-state index >= 15 is 0 Å². The van der Waals surface area contributed by atoms with Crippen molar-refractivity contribution in [1.82, 2.24) is 0 Å². The van der Waals surface area contributed by atoms with Gasteiger partial charge < -0.3 is 4.74 Å². The van der Waals surface area contributed by atoms with Crippen molar-refractivity contribution in [2.75, 3.05) is 4.90 Å². The maximum Gasteiger partial charge on any atom is 0.339 e. The molecule has 0 bridgehead atoms. The number of halogens is 1. The van der Waals surface area contributed by atoms with Crippen molar-refractivity contribution in [1.29, 1.82) is 0 Å². The van der Waals surface area contributed by atoms with Crippen molar-refractivity contribution in [3.8, 4) is 0 Å². The SMILES string of the molecule is O=C(O[C@@H](C(=O)c1ccccc1)c1ccc(Cl)cc1)c1ccc2c(c1)C(=O)N(c1ccccc1)C2=O. The van der Waals surface area contributed by atoms with Crippen LogP contribution in [-0.4, -0.2) is 23.6 Å². The third-order valence-corrected chi connectivity index (χ3v) is 6.08. The number of imide groups is 1. The summed E-state index contributed by atoms with van der Waals surface area (Å²) in [6, 6.07) is 27.6. The summed E-state index contributed by atoms with van der Waals surface area (Å²) in [6.07, 6.45) is -1.23. The Balaban J connectivity index is 1.45. The summed E-state index contributed by atoms with van der Waals surface area (Å²) in [5, 5.41) is 0.473. The molecule has 1 aliphatic rings. The fourth-order valence-corrected chi connectivity index (χ4v) is 4.14. The van der Waals surface area contributed by atoms with Crippen LogP contribution in [0, 0.1) is 0 Å². The first kappa shape index (κ1) is 23.2. The van der Waals surface area contributed by atoms with Gasteiger partial charge in [-0.1, -0.05) is 72.3 Å². The van der Waals surface area contributed by atoms with Gasteiger partial charge >= 0.3 is 5.97 Å². The molecular formula is C29H18ClNO5. The number of rotatable bonds is 6. The van der Waals surface area contributed by atoms with Gasteiger partial charge in [0, 0.05) is 16.1 Å². The highest BCUT2D eigenvalue weighted by atomic mass is 35.5. The van der Waals surface area contributed by atoms with E-state index in [-0.39, 0.29) is 16.7 Å². The molecular weight excluding hydrogens is 478 g/mol. The van der Waals surface area contributed by atoms with Gasteiger partial charge in [0.25, 0.3) is 11.8 Å². The number of hydrogen-bond donors (Lipinski definition) is 0. The van der Waals surface area contributed by atoms with Gasteiger partial charge in [-0.3, -0.25) is 14.4 Å². The molecule has 4 aromatic rings. The molecule has 0 fully saturated rings. The van der Waals surface area contributed by atoms with E-state index in [0.717, 1.165) is 4.90 Å². The Morgan fingerprint density at radius 2 is 1.31 bits per heavy atom. The number of hydrogen-bond acceptors (Lipinski definition) is 5. The Hall–Kier alpha value is -4.55.